The van der Waals surface area contributed by atoms with E-state index in [2.05, 4.69) is 41.7 Å². The summed E-state index contributed by atoms with van der Waals surface area (Å²) in [6.45, 7) is 0.533. The predicted octanol–water partition coefficient (Wildman–Crippen LogP) is 3.26. The minimum atomic E-state index is 0.113. The summed E-state index contributed by atoms with van der Waals surface area (Å²) >= 11 is 0. The second-order valence-corrected chi connectivity index (χ2v) is 6.75. The molecule has 2 aromatic carbocycles. The lowest BCUT2D eigenvalue weighted by Crippen LogP contribution is -2.42. The Morgan fingerprint density at radius 3 is 2.25 bits per heavy atom. The minimum absolute atomic E-state index is 0.113. The van der Waals surface area contributed by atoms with Crippen LogP contribution < -0.4 is 11.1 Å². The van der Waals surface area contributed by atoms with Crippen molar-refractivity contribution >= 4 is 5.91 Å². The van der Waals surface area contributed by atoms with Crippen molar-refractivity contribution in [2.24, 2.45) is 11.7 Å². The summed E-state index contributed by atoms with van der Waals surface area (Å²) in [4.78, 5) is 12.6. The van der Waals surface area contributed by atoms with Gasteiger partial charge in [-0.1, -0.05) is 60.7 Å². The smallest absolute Gasteiger partial charge is 0.220 e. The molecule has 2 unspecified atom stereocenters. The van der Waals surface area contributed by atoms with Crippen LogP contribution in [0.4, 0.5) is 0 Å². The van der Waals surface area contributed by atoms with Gasteiger partial charge in [0.25, 0.3) is 0 Å². The predicted molar refractivity (Wildman–Crippen MR) is 97.7 cm³/mol. The molecule has 1 fully saturated rings. The quantitative estimate of drug-likeness (QED) is 0.784. The molecule has 0 heterocycles. The highest BCUT2D eigenvalue weighted by molar-refractivity contribution is 5.77. The molecule has 0 spiro atoms. The molecule has 0 aliphatic heterocycles. The van der Waals surface area contributed by atoms with E-state index in [0.717, 1.165) is 6.42 Å². The van der Waals surface area contributed by atoms with Crippen molar-refractivity contribution in [1.82, 2.24) is 5.32 Å². The Balaban J connectivity index is 1.68. The lowest BCUT2D eigenvalue weighted by molar-refractivity contribution is -0.122. The molecule has 0 bridgehead atoms. The van der Waals surface area contributed by atoms with Crippen LogP contribution in [0.15, 0.2) is 60.7 Å². The van der Waals surface area contributed by atoms with Gasteiger partial charge in [-0.15, -0.1) is 0 Å². The largest absolute Gasteiger partial charge is 0.352 e. The summed E-state index contributed by atoms with van der Waals surface area (Å²) in [6.07, 6.45) is 3.75. The normalized spacial score (nSPS) is 16.4. The lowest BCUT2D eigenvalue weighted by atomic mass is 9.89. The van der Waals surface area contributed by atoms with Crippen LogP contribution >= 0.6 is 0 Å². The minimum Gasteiger partial charge on any atom is -0.352 e. The first-order valence-corrected chi connectivity index (χ1v) is 8.84. The van der Waals surface area contributed by atoms with Crippen LogP contribution in [0, 0.1) is 5.92 Å². The van der Waals surface area contributed by atoms with Crippen molar-refractivity contribution < 1.29 is 4.79 Å². The maximum Gasteiger partial charge on any atom is 0.220 e. The average molecular weight is 322 g/mol. The van der Waals surface area contributed by atoms with Gasteiger partial charge in [0.05, 0.1) is 0 Å². The zero-order chi connectivity index (χ0) is 16.8. The third kappa shape index (κ3) is 4.68. The molecule has 1 saturated carbocycles. The van der Waals surface area contributed by atoms with Gasteiger partial charge in [-0.2, -0.15) is 0 Å². The van der Waals surface area contributed by atoms with Gasteiger partial charge in [0.15, 0.2) is 0 Å². The average Bonchev–Trinajstić information content (AvgIpc) is 3.46. The van der Waals surface area contributed by atoms with Crippen molar-refractivity contribution in [2.45, 2.75) is 37.6 Å². The molecule has 3 N–H and O–H groups in total. The van der Waals surface area contributed by atoms with E-state index >= 15 is 0 Å². The third-order valence-electron chi connectivity index (χ3n) is 4.82. The molecular formula is C21H26N2O. The van der Waals surface area contributed by atoms with Crippen LogP contribution in [-0.4, -0.2) is 18.5 Å². The van der Waals surface area contributed by atoms with Crippen molar-refractivity contribution in [2.75, 3.05) is 6.54 Å². The Bertz CT molecular complexity index is 637. The first-order valence-electron chi connectivity index (χ1n) is 8.84. The van der Waals surface area contributed by atoms with Crippen molar-refractivity contribution in [1.29, 1.82) is 0 Å². The highest BCUT2D eigenvalue weighted by atomic mass is 16.1. The Labute approximate surface area is 144 Å². The van der Waals surface area contributed by atoms with E-state index in [-0.39, 0.29) is 17.9 Å². The standard InChI is InChI=1S/C21H26N2O/c22-15-20(18-11-12-18)23-21(24)14-19(17-9-5-2-6-10-17)13-16-7-3-1-4-8-16/h1-10,18-20H,11-15,22H2,(H,23,24). The monoisotopic (exact) mass is 322 g/mol. The molecule has 2 aromatic rings. The highest BCUT2D eigenvalue weighted by Crippen LogP contribution is 2.32. The van der Waals surface area contributed by atoms with E-state index in [0.29, 0.717) is 18.9 Å². The van der Waals surface area contributed by atoms with Crippen LogP contribution in [-0.2, 0) is 11.2 Å². The van der Waals surface area contributed by atoms with Crippen LogP contribution in [0.5, 0.6) is 0 Å². The molecule has 3 rings (SSSR count). The Morgan fingerprint density at radius 2 is 1.67 bits per heavy atom. The van der Waals surface area contributed by atoms with Crippen LogP contribution in [0.3, 0.4) is 0 Å². The molecule has 1 aliphatic rings. The summed E-state index contributed by atoms with van der Waals surface area (Å²) in [5.41, 5.74) is 8.29. The maximum atomic E-state index is 12.6. The van der Waals surface area contributed by atoms with Gasteiger partial charge < -0.3 is 11.1 Å². The summed E-state index contributed by atoms with van der Waals surface area (Å²) in [7, 11) is 0. The van der Waals surface area contributed by atoms with Crippen molar-refractivity contribution in [3.05, 3.63) is 71.8 Å². The Morgan fingerprint density at radius 1 is 1.04 bits per heavy atom. The van der Waals surface area contributed by atoms with Gasteiger partial charge in [0.1, 0.15) is 0 Å². The second-order valence-electron chi connectivity index (χ2n) is 6.75. The van der Waals surface area contributed by atoms with E-state index in [1.54, 1.807) is 0 Å². The van der Waals surface area contributed by atoms with E-state index in [4.69, 9.17) is 5.73 Å². The van der Waals surface area contributed by atoms with E-state index in [9.17, 15) is 4.79 Å². The van der Waals surface area contributed by atoms with Gasteiger partial charge in [-0.3, -0.25) is 4.79 Å². The van der Waals surface area contributed by atoms with Gasteiger partial charge in [-0.25, -0.2) is 0 Å². The van der Waals surface area contributed by atoms with Crippen LogP contribution in [0.2, 0.25) is 0 Å². The zero-order valence-electron chi connectivity index (χ0n) is 14.0. The van der Waals surface area contributed by atoms with Gasteiger partial charge in [0, 0.05) is 19.0 Å². The zero-order valence-corrected chi connectivity index (χ0v) is 14.0. The van der Waals surface area contributed by atoms with Gasteiger partial charge in [-0.05, 0) is 42.2 Å². The number of carbonyl (C=O) groups is 1. The number of nitrogens with two attached hydrogens (primary N) is 1. The fraction of sp³-hybridized carbons (Fsp3) is 0.381. The van der Waals surface area contributed by atoms with Crippen molar-refractivity contribution in [3.63, 3.8) is 0 Å². The number of hydrogen-bond donors (Lipinski definition) is 2. The van der Waals surface area contributed by atoms with Crippen molar-refractivity contribution in [3.8, 4) is 0 Å². The Kier molecular flexibility index (Phi) is 5.65. The molecule has 1 amide bonds. The third-order valence-corrected chi connectivity index (χ3v) is 4.82. The SMILES string of the molecule is NCC(NC(=O)CC(Cc1ccccc1)c1ccccc1)C1CC1. The lowest BCUT2D eigenvalue weighted by Gasteiger charge is -2.21. The van der Waals surface area contributed by atoms with E-state index in [1.165, 1.54) is 24.0 Å². The number of carbonyl (C=O) groups excluding carboxylic acids is 1. The first-order chi connectivity index (χ1) is 11.8. The maximum absolute atomic E-state index is 12.6. The summed E-state index contributed by atoms with van der Waals surface area (Å²) in [6, 6.07) is 20.8. The number of nitrogens with one attached hydrogen (secondary N) is 1. The second kappa shape index (κ2) is 8.11. The van der Waals surface area contributed by atoms with E-state index < -0.39 is 0 Å². The number of rotatable bonds is 8. The fourth-order valence-electron chi connectivity index (χ4n) is 3.29. The highest BCUT2D eigenvalue weighted by Gasteiger charge is 2.31. The number of hydrogen-bond acceptors (Lipinski definition) is 2. The molecule has 0 radical (unpaired) electrons. The van der Waals surface area contributed by atoms with Crippen LogP contribution in [0.25, 0.3) is 0 Å². The molecule has 0 aromatic heterocycles. The number of amides is 1. The van der Waals surface area contributed by atoms with Crippen LogP contribution in [0.1, 0.15) is 36.3 Å². The topological polar surface area (TPSA) is 55.1 Å². The first kappa shape index (κ1) is 16.7. The molecule has 1 aliphatic carbocycles. The van der Waals surface area contributed by atoms with E-state index in [1.807, 2.05) is 24.3 Å². The molecular weight excluding hydrogens is 296 g/mol. The van der Waals surface area contributed by atoms with Gasteiger partial charge in [0.2, 0.25) is 5.91 Å². The summed E-state index contributed by atoms with van der Waals surface area (Å²) < 4.78 is 0. The number of benzene rings is 2. The molecule has 2 atom stereocenters. The fourth-order valence-corrected chi connectivity index (χ4v) is 3.29. The molecule has 3 heteroatoms. The summed E-state index contributed by atoms with van der Waals surface area (Å²) in [5.74, 6) is 0.886. The molecule has 3 nitrogen and oxygen atoms in total. The molecule has 126 valence electrons. The molecule has 24 heavy (non-hydrogen) atoms. The molecule has 0 saturated heterocycles. The van der Waals surface area contributed by atoms with Gasteiger partial charge >= 0.3 is 0 Å². The summed E-state index contributed by atoms with van der Waals surface area (Å²) in [5, 5.41) is 3.15. The Hall–Kier alpha value is -2.13.